The molecule has 0 saturated carbocycles. The summed E-state index contributed by atoms with van der Waals surface area (Å²) in [6.45, 7) is 11.5. The highest BCUT2D eigenvalue weighted by molar-refractivity contribution is 5.84. The SMILES string of the molecule is CCN1C(=O)C(CC(C)C)NC1C(C)C. The molecule has 88 valence electrons. The van der Waals surface area contributed by atoms with E-state index in [1.54, 1.807) is 0 Å². The molecule has 15 heavy (non-hydrogen) atoms. The first kappa shape index (κ1) is 12.5. The van der Waals surface area contributed by atoms with Gasteiger partial charge in [-0.05, 0) is 25.2 Å². The molecule has 0 radical (unpaired) electrons. The first-order valence-corrected chi connectivity index (χ1v) is 6.03. The second-order valence-electron chi connectivity index (χ2n) is 5.16. The van der Waals surface area contributed by atoms with Crippen molar-refractivity contribution in [2.24, 2.45) is 11.8 Å². The van der Waals surface area contributed by atoms with Crippen LogP contribution >= 0.6 is 0 Å². The van der Waals surface area contributed by atoms with Crippen molar-refractivity contribution in [3.05, 3.63) is 0 Å². The van der Waals surface area contributed by atoms with Gasteiger partial charge < -0.3 is 4.90 Å². The standard InChI is InChI=1S/C12H24N2O/c1-6-14-11(9(4)5)13-10(12(14)15)7-8(2)3/h8-11,13H,6-7H2,1-5H3. The number of carbonyl (C=O) groups excluding carboxylic acids is 1. The maximum absolute atomic E-state index is 12.1. The van der Waals surface area contributed by atoms with Crippen molar-refractivity contribution in [3.63, 3.8) is 0 Å². The fourth-order valence-corrected chi connectivity index (χ4v) is 2.25. The van der Waals surface area contributed by atoms with Gasteiger partial charge in [0.1, 0.15) is 0 Å². The number of hydrogen-bond donors (Lipinski definition) is 1. The second-order valence-corrected chi connectivity index (χ2v) is 5.16. The number of amides is 1. The number of rotatable bonds is 4. The Labute approximate surface area is 93.2 Å². The fraction of sp³-hybridized carbons (Fsp3) is 0.917. The summed E-state index contributed by atoms with van der Waals surface area (Å²) in [6.07, 6.45) is 1.17. The molecule has 2 atom stereocenters. The van der Waals surface area contributed by atoms with E-state index in [9.17, 15) is 4.79 Å². The van der Waals surface area contributed by atoms with Gasteiger partial charge in [0.25, 0.3) is 0 Å². The second kappa shape index (κ2) is 4.97. The average molecular weight is 212 g/mol. The lowest BCUT2D eigenvalue weighted by Gasteiger charge is -2.25. The first-order valence-electron chi connectivity index (χ1n) is 6.03. The zero-order valence-electron chi connectivity index (χ0n) is 10.6. The van der Waals surface area contributed by atoms with Gasteiger partial charge in [0.2, 0.25) is 5.91 Å². The smallest absolute Gasteiger partial charge is 0.241 e. The molecule has 0 aromatic rings. The van der Waals surface area contributed by atoms with E-state index >= 15 is 0 Å². The van der Waals surface area contributed by atoms with Crippen molar-refractivity contribution < 1.29 is 4.79 Å². The summed E-state index contributed by atoms with van der Waals surface area (Å²) in [5, 5.41) is 3.45. The summed E-state index contributed by atoms with van der Waals surface area (Å²) in [5.74, 6) is 1.33. The summed E-state index contributed by atoms with van der Waals surface area (Å²) >= 11 is 0. The van der Waals surface area contributed by atoms with Crippen LogP contribution in [0.25, 0.3) is 0 Å². The Morgan fingerprint density at radius 3 is 2.27 bits per heavy atom. The summed E-state index contributed by atoms with van der Waals surface area (Å²) in [6, 6.07) is 0.0392. The summed E-state index contributed by atoms with van der Waals surface area (Å²) in [5.41, 5.74) is 0. The average Bonchev–Trinajstić information content (AvgIpc) is 2.43. The Kier molecular flexibility index (Phi) is 4.14. The largest absolute Gasteiger partial charge is 0.326 e. The van der Waals surface area contributed by atoms with E-state index < -0.39 is 0 Å². The van der Waals surface area contributed by atoms with Gasteiger partial charge >= 0.3 is 0 Å². The molecule has 1 aliphatic rings. The summed E-state index contributed by atoms with van der Waals surface area (Å²) < 4.78 is 0. The van der Waals surface area contributed by atoms with Gasteiger partial charge in [0.15, 0.2) is 0 Å². The molecule has 1 fully saturated rings. The Hall–Kier alpha value is -0.570. The van der Waals surface area contributed by atoms with E-state index in [-0.39, 0.29) is 18.1 Å². The maximum Gasteiger partial charge on any atom is 0.241 e. The van der Waals surface area contributed by atoms with E-state index in [1.165, 1.54) is 0 Å². The van der Waals surface area contributed by atoms with Crippen LogP contribution < -0.4 is 5.32 Å². The molecule has 0 bridgehead atoms. The van der Waals surface area contributed by atoms with Crippen LogP contribution in [0.15, 0.2) is 0 Å². The minimum Gasteiger partial charge on any atom is -0.326 e. The van der Waals surface area contributed by atoms with Crippen molar-refractivity contribution in [2.75, 3.05) is 6.54 Å². The van der Waals surface area contributed by atoms with Crippen LogP contribution in [0.1, 0.15) is 41.0 Å². The third-order valence-electron chi connectivity index (χ3n) is 2.97. The highest BCUT2D eigenvalue weighted by Gasteiger charge is 2.38. The van der Waals surface area contributed by atoms with Crippen molar-refractivity contribution in [2.45, 2.75) is 53.2 Å². The topological polar surface area (TPSA) is 32.3 Å². The number of hydrogen-bond acceptors (Lipinski definition) is 2. The Balaban J connectivity index is 2.69. The highest BCUT2D eigenvalue weighted by atomic mass is 16.2. The van der Waals surface area contributed by atoms with Crippen molar-refractivity contribution in [1.29, 1.82) is 0 Å². The van der Waals surface area contributed by atoms with E-state index in [1.807, 2.05) is 11.8 Å². The molecule has 3 nitrogen and oxygen atoms in total. The van der Waals surface area contributed by atoms with Gasteiger partial charge in [-0.3, -0.25) is 10.1 Å². The first-order chi connectivity index (χ1) is 6.97. The van der Waals surface area contributed by atoms with Gasteiger partial charge in [-0.2, -0.15) is 0 Å². The van der Waals surface area contributed by atoms with Crippen LogP contribution in [-0.4, -0.2) is 29.6 Å². The molecule has 1 saturated heterocycles. The van der Waals surface area contributed by atoms with Crippen LogP contribution in [0.5, 0.6) is 0 Å². The fourth-order valence-electron chi connectivity index (χ4n) is 2.25. The van der Waals surface area contributed by atoms with Gasteiger partial charge in [-0.15, -0.1) is 0 Å². The highest BCUT2D eigenvalue weighted by Crippen LogP contribution is 2.20. The van der Waals surface area contributed by atoms with E-state index in [2.05, 4.69) is 33.0 Å². The molecule has 1 N–H and O–H groups in total. The lowest BCUT2D eigenvalue weighted by molar-refractivity contribution is -0.130. The van der Waals surface area contributed by atoms with Gasteiger partial charge in [0.05, 0.1) is 12.2 Å². The lowest BCUT2D eigenvalue weighted by atomic mass is 10.0. The Bertz CT molecular complexity index is 226. The van der Waals surface area contributed by atoms with Crippen LogP contribution in [0.2, 0.25) is 0 Å². The Morgan fingerprint density at radius 1 is 1.33 bits per heavy atom. The predicted molar refractivity (Wildman–Crippen MR) is 62.4 cm³/mol. The number of nitrogens with zero attached hydrogens (tertiary/aromatic N) is 1. The van der Waals surface area contributed by atoms with Gasteiger partial charge in [0, 0.05) is 6.54 Å². The van der Waals surface area contributed by atoms with Crippen LogP contribution in [0.3, 0.4) is 0 Å². The molecule has 1 heterocycles. The van der Waals surface area contributed by atoms with Crippen molar-refractivity contribution >= 4 is 5.91 Å². The quantitative estimate of drug-likeness (QED) is 0.771. The molecular weight excluding hydrogens is 188 g/mol. The van der Waals surface area contributed by atoms with Crippen molar-refractivity contribution in [3.8, 4) is 0 Å². The zero-order valence-corrected chi connectivity index (χ0v) is 10.6. The van der Waals surface area contributed by atoms with E-state index in [0.717, 1.165) is 13.0 Å². The molecule has 1 aliphatic heterocycles. The molecular formula is C12H24N2O. The molecule has 0 aromatic heterocycles. The minimum absolute atomic E-state index is 0.0392. The minimum atomic E-state index is 0.0392. The van der Waals surface area contributed by atoms with E-state index in [4.69, 9.17) is 0 Å². The van der Waals surface area contributed by atoms with Crippen LogP contribution in [0, 0.1) is 11.8 Å². The Morgan fingerprint density at radius 2 is 1.93 bits per heavy atom. The maximum atomic E-state index is 12.1. The monoisotopic (exact) mass is 212 g/mol. The molecule has 3 heteroatoms. The number of likely N-dealkylation sites (N-methyl/N-ethyl adjacent to an activating group) is 1. The molecule has 0 spiro atoms. The summed E-state index contributed by atoms with van der Waals surface area (Å²) in [4.78, 5) is 14.0. The van der Waals surface area contributed by atoms with Gasteiger partial charge in [-0.1, -0.05) is 27.7 Å². The number of nitrogens with one attached hydrogen (secondary N) is 1. The van der Waals surface area contributed by atoms with Crippen molar-refractivity contribution in [1.82, 2.24) is 10.2 Å². The van der Waals surface area contributed by atoms with E-state index in [0.29, 0.717) is 11.8 Å². The third kappa shape index (κ3) is 2.71. The third-order valence-corrected chi connectivity index (χ3v) is 2.97. The lowest BCUT2D eigenvalue weighted by Crippen LogP contribution is -2.41. The molecule has 0 aromatic carbocycles. The normalized spacial score (nSPS) is 27.1. The predicted octanol–water partition coefficient (Wildman–Crippen LogP) is 1.83. The number of carbonyl (C=O) groups is 1. The molecule has 1 rings (SSSR count). The molecule has 2 unspecified atom stereocenters. The van der Waals surface area contributed by atoms with Crippen LogP contribution in [0.4, 0.5) is 0 Å². The summed E-state index contributed by atoms with van der Waals surface area (Å²) in [7, 11) is 0. The zero-order chi connectivity index (χ0) is 11.6. The molecule has 0 aliphatic carbocycles. The van der Waals surface area contributed by atoms with Gasteiger partial charge in [-0.25, -0.2) is 0 Å². The van der Waals surface area contributed by atoms with Crippen LogP contribution in [-0.2, 0) is 4.79 Å². The molecule has 1 amide bonds.